The summed E-state index contributed by atoms with van der Waals surface area (Å²) >= 11 is 0. The molecule has 0 heterocycles. The molecule has 0 aromatic carbocycles. The van der Waals surface area contributed by atoms with Crippen LogP contribution in [-0.4, -0.2) is 37.2 Å². The van der Waals surface area contributed by atoms with Gasteiger partial charge in [0.25, 0.3) is 0 Å². The molecule has 6 heteroatoms. The van der Waals surface area contributed by atoms with Gasteiger partial charge in [0.2, 0.25) is 0 Å². The Morgan fingerprint density at radius 2 is 0.520 bits per heavy atom. The molecule has 0 spiro atoms. The van der Waals surface area contributed by atoms with Crippen LogP contribution in [0.2, 0.25) is 0 Å². The molecule has 0 aliphatic heterocycles. The maximum atomic E-state index is 12.9. The van der Waals surface area contributed by atoms with E-state index in [1.165, 1.54) is 193 Å². The molecule has 0 amide bonds. The number of rotatable bonds is 59. The van der Waals surface area contributed by atoms with Gasteiger partial charge in [-0.3, -0.25) is 14.4 Å². The first-order chi connectivity index (χ1) is 37.0. The number of hydrogen-bond donors (Lipinski definition) is 0. The van der Waals surface area contributed by atoms with Crippen LogP contribution in [0.5, 0.6) is 0 Å². The standard InChI is InChI=1S/C69H122O6/c1-4-7-10-13-16-19-22-25-28-31-33-34-36-38-41-44-47-50-53-56-59-62-68(71)74-65-66(64-73-67(70)61-58-55-52-49-46-43-40-37-30-27-24-21-18-15-12-9-6-3)75-69(72)63-60-57-54-51-48-45-42-39-35-32-29-26-23-20-17-14-11-8-5-2/h8,11,17,20,26-27,29-31,33,35,39,66H,4-7,9-10,12-16,18-19,21-25,28,32,34,36-38,40-65H2,1-3H3/b11-8-,20-17-,29-26-,30-27-,33-31-,39-35-. The molecule has 0 N–H and O–H groups in total. The van der Waals surface area contributed by atoms with Gasteiger partial charge in [-0.05, 0) is 109 Å². The van der Waals surface area contributed by atoms with Gasteiger partial charge in [0, 0.05) is 19.3 Å². The van der Waals surface area contributed by atoms with Crippen molar-refractivity contribution in [2.45, 2.75) is 335 Å². The maximum absolute atomic E-state index is 12.9. The lowest BCUT2D eigenvalue weighted by Gasteiger charge is -2.18. The van der Waals surface area contributed by atoms with E-state index < -0.39 is 6.10 Å². The lowest BCUT2D eigenvalue weighted by molar-refractivity contribution is -0.167. The fourth-order valence-electron chi connectivity index (χ4n) is 9.31. The Balaban J connectivity index is 4.39. The average molecular weight is 1050 g/mol. The molecule has 0 saturated carbocycles. The minimum atomic E-state index is -0.787. The first kappa shape index (κ1) is 71.8. The SMILES string of the molecule is CC/C=C\C/C=C\C/C=C\C/C=C\CCCCCCCCC(=O)OC(COC(=O)CCCCCCCCC/C=C\CCCCCCCC)COC(=O)CCCCCCCCCCC/C=C\CCCCCCCCCC. The summed E-state index contributed by atoms with van der Waals surface area (Å²) in [7, 11) is 0. The predicted molar refractivity (Wildman–Crippen MR) is 325 cm³/mol. The highest BCUT2D eigenvalue weighted by molar-refractivity contribution is 5.71. The lowest BCUT2D eigenvalue weighted by Crippen LogP contribution is -2.30. The van der Waals surface area contributed by atoms with Crippen LogP contribution in [0.1, 0.15) is 329 Å². The summed E-state index contributed by atoms with van der Waals surface area (Å²) in [4.78, 5) is 38.4. The van der Waals surface area contributed by atoms with Gasteiger partial charge in [0.1, 0.15) is 13.2 Å². The first-order valence-corrected chi connectivity index (χ1v) is 32.4. The molecule has 1 atom stereocenters. The number of carbonyl (C=O) groups is 3. The van der Waals surface area contributed by atoms with Gasteiger partial charge in [0.05, 0.1) is 0 Å². The van der Waals surface area contributed by atoms with Crippen molar-refractivity contribution in [3.8, 4) is 0 Å². The molecule has 434 valence electrons. The zero-order chi connectivity index (χ0) is 54.3. The van der Waals surface area contributed by atoms with Crippen molar-refractivity contribution in [3.63, 3.8) is 0 Å². The van der Waals surface area contributed by atoms with Gasteiger partial charge in [-0.25, -0.2) is 0 Å². The second-order valence-electron chi connectivity index (χ2n) is 21.6. The van der Waals surface area contributed by atoms with E-state index in [9.17, 15) is 14.4 Å². The molecule has 0 radical (unpaired) electrons. The van der Waals surface area contributed by atoms with E-state index in [0.29, 0.717) is 19.3 Å². The molecule has 6 nitrogen and oxygen atoms in total. The molecule has 0 fully saturated rings. The first-order valence-electron chi connectivity index (χ1n) is 32.4. The number of carbonyl (C=O) groups excluding carboxylic acids is 3. The van der Waals surface area contributed by atoms with Crippen LogP contribution in [0.15, 0.2) is 72.9 Å². The third kappa shape index (κ3) is 61.6. The van der Waals surface area contributed by atoms with E-state index in [1.54, 1.807) is 0 Å². The summed E-state index contributed by atoms with van der Waals surface area (Å²) in [6.07, 6.45) is 81.9. The second kappa shape index (κ2) is 63.4. The Morgan fingerprint density at radius 3 is 0.827 bits per heavy atom. The highest BCUT2D eigenvalue weighted by Crippen LogP contribution is 2.16. The van der Waals surface area contributed by atoms with Crippen molar-refractivity contribution in [1.29, 1.82) is 0 Å². The van der Waals surface area contributed by atoms with E-state index in [-0.39, 0.29) is 31.1 Å². The Morgan fingerprint density at radius 1 is 0.280 bits per heavy atom. The molecule has 0 aliphatic rings. The van der Waals surface area contributed by atoms with Crippen molar-refractivity contribution in [3.05, 3.63) is 72.9 Å². The summed E-state index contributed by atoms with van der Waals surface area (Å²) in [6, 6.07) is 0. The quantitative estimate of drug-likeness (QED) is 0.0261. The Kier molecular flexibility index (Phi) is 60.7. The maximum Gasteiger partial charge on any atom is 0.306 e. The van der Waals surface area contributed by atoms with Gasteiger partial charge in [0.15, 0.2) is 6.10 Å². The van der Waals surface area contributed by atoms with Crippen LogP contribution >= 0.6 is 0 Å². The third-order valence-electron chi connectivity index (χ3n) is 14.2. The molecule has 0 rings (SSSR count). The van der Waals surface area contributed by atoms with Crippen molar-refractivity contribution in [2.75, 3.05) is 13.2 Å². The number of hydrogen-bond acceptors (Lipinski definition) is 6. The lowest BCUT2D eigenvalue weighted by atomic mass is 10.1. The van der Waals surface area contributed by atoms with E-state index in [1.807, 2.05) is 0 Å². The van der Waals surface area contributed by atoms with Crippen LogP contribution in [-0.2, 0) is 28.6 Å². The number of esters is 3. The van der Waals surface area contributed by atoms with Crippen LogP contribution in [0.4, 0.5) is 0 Å². The van der Waals surface area contributed by atoms with Crippen LogP contribution in [0.25, 0.3) is 0 Å². The monoisotopic (exact) mass is 1050 g/mol. The van der Waals surface area contributed by atoms with Gasteiger partial charge in [-0.15, -0.1) is 0 Å². The third-order valence-corrected chi connectivity index (χ3v) is 14.2. The van der Waals surface area contributed by atoms with Crippen LogP contribution < -0.4 is 0 Å². The zero-order valence-electron chi connectivity index (χ0n) is 49.8. The van der Waals surface area contributed by atoms with Gasteiger partial charge in [-0.2, -0.15) is 0 Å². The summed E-state index contributed by atoms with van der Waals surface area (Å²) in [5.41, 5.74) is 0. The van der Waals surface area contributed by atoms with Gasteiger partial charge in [-0.1, -0.05) is 273 Å². The molecule has 0 aromatic rings. The van der Waals surface area contributed by atoms with Crippen molar-refractivity contribution in [2.24, 2.45) is 0 Å². The van der Waals surface area contributed by atoms with Crippen molar-refractivity contribution < 1.29 is 28.6 Å². The van der Waals surface area contributed by atoms with E-state index >= 15 is 0 Å². The largest absolute Gasteiger partial charge is 0.462 e. The van der Waals surface area contributed by atoms with Gasteiger partial charge < -0.3 is 14.2 Å². The summed E-state index contributed by atoms with van der Waals surface area (Å²) < 4.78 is 16.9. The molecule has 0 saturated heterocycles. The van der Waals surface area contributed by atoms with E-state index in [2.05, 4.69) is 93.7 Å². The fourth-order valence-corrected chi connectivity index (χ4v) is 9.31. The number of unbranched alkanes of at least 4 members (excludes halogenated alkanes) is 36. The Bertz CT molecular complexity index is 1390. The summed E-state index contributed by atoms with van der Waals surface area (Å²) in [6.45, 7) is 6.55. The highest BCUT2D eigenvalue weighted by Gasteiger charge is 2.19. The predicted octanol–water partition coefficient (Wildman–Crippen LogP) is 22.1. The Labute approximate surface area is 465 Å². The summed E-state index contributed by atoms with van der Waals surface area (Å²) in [5.74, 6) is -0.887. The van der Waals surface area contributed by atoms with Crippen molar-refractivity contribution in [1.82, 2.24) is 0 Å². The van der Waals surface area contributed by atoms with Gasteiger partial charge >= 0.3 is 17.9 Å². The molecule has 0 bridgehead atoms. The highest BCUT2D eigenvalue weighted by atomic mass is 16.6. The van der Waals surface area contributed by atoms with Crippen molar-refractivity contribution >= 4 is 17.9 Å². The Hall–Kier alpha value is -3.15. The second-order valence-corrected chi connectivity index (χ2v) is 21.6. The average Bonchev–Trinajstić information content (AvgIpc) is 3.41. The fraction of sp³-hybridized carbons (Fsp3) is 0.783. The number of ether oxygens (including phenoxy) is 3. The summed E-state index contributed by atoms with van der Waals surface area (Å²) in [5, 5.41) is 0. The van der Waals surface area contributed by atoms with E-state index in [4.69, 9.17) is 14.2 Å². The van der Waals surface area contributed by atoms with E-state index in [0.717, 1.165) is 96.3 Å². The van der Waals surface area contributed by atoms with Crippen LogP contribution in [0, 0.1) is 0 Å². The normalized spacial score (nSPS) is 12.5. The topological polar surface area (TPSA) is 78.9 Å². The molecular formula is C69H122O6. The molecule has 75 heavy (non-hydrogen) atoms. The molecular weight excluding hydrogens is 925 g/mol. The molecule has 0 aromatic heterocycles. The molecule has 0 aliphatic carbocycles. The van der Waals surface area contributed by atoms with Crippen LogP contribution in [0.3, 0.4) is 0 Å². The minimum Gasteiger partial charge on any atom is -0.462 e. The minimum absolute atomic E-state index is 0.0822. The number of allylic oxidation sites excluding steroid dienone is 12. The zero-order valence-corrected chi connectivity index (χ0v) is 49.8. The molecule has 1 unspecified atom stereocenters. The smallest absolute Gasteiger partial charge is 0.306 e.